The standard InChI is InChI=1S/C9H8ClF2NO/c10-7-3-1-6(2-4-7)5-13-9(14)8(11)12/h1-4,8H,5H2,(H,13,14). The van der Waals surface area contributed by atoms with E-state index >= 15 is 0 Å². The van der Waals surface area contributed by atoms with Crippen LogP contribution in [0.25, 0.3) is 0 Å². The Morgan fingerprint density at radius 3 is 2.43 bits per heavy atom. The number of halogens is 3. The molecule has 1 aromatic carbocycles. The van der Waals surface area contributed by atoms with Crippen molar-refractivity contribution in [1.82, 2.24) is 5.32 Å². The maximum atomic E-state index is 11.8. The molecule has 0 aliphatic rings. The molecule has 1 rings (SSSR count). The summed E-state index contributed by atoms with van der Waals surface area (Å²) in [5, 5.41) is 2.65. The Bertz CT molecular complexity index is 313. The van der Waals surface area contributed by atoms with Crippen molar-refractivity contribution in [2.75, 3.05) is 0 Å². The summed E-state index contributed by atoms with van der Waals surface area (Å²) in [7, 11) is 0. The van der Waals surface area contributed by atoms with Crippen LogP contribution in [0.5, 0.6) is 0 Å². The molecule has 1 N–H and O–H groups in total. The van der Waals surface area contributed by atoms with Crippen LogP contribution >= 0.6 is 11.6 Å². The van der Waals surface area contributed by atoms with Crippen LogP contribution < -0.4 is 5.32 Å². The fraction of sp³-hybridized carbons (Fsp3) is 0.222. The minimum Gasteiger partial charge on any atom is -0.347 e. The van der Waals surface area contributed by atoms with E-state index in [1.165, 1.54) is 0 Å². The quantitative estimate of drug-likeness (QED) is 0.830. The number of carbonyl (C=O) groups is 1. The van der Waals surface area contributed by atoms with E-state index in [2.05, 4.69) is 5.32 Å². The minimum atomic E-state index is -2.97. The summed E-state index contributed by atoms with van der Waals surface area (Å²) in [6.07, 6.45) is -2.97. The Labute approximate surface area is 84.9 Å². The van der Waals surface area contributed by atoms with Crippen LogP contribution in [0.4, 0.5) is 8.78 Å². The molecule has 5 heteroatoms. The van der Waals surface area contributed by atoms with Crippen molar-refractivity contribution in [2.24, 2.45) is 0 Å². The highest BCUT2D eigenvalue weighted by atomic mass is 35.5. The van der Waals surface area contributed by atoms with Gasteiger partial charge in [0.2, 0.25) is 0 Å². The lowest BCUT2D eigenvalue weighted by atomic mass is 10.2. The predicted molar refractivity (Wildman–Crippen MR) is 49.3 cm³/mol. The van der Waals surface area contributed by atoms with E-state index in [0.29, 0.717) is 5.02 Å². The van der Waals surface area contributed by atoms with Gasteiger partial charge in [-0.1, -0.05) is 23.7 Å². The largest absolute Gasteiger partial charge is 0.347 e. The van der Waals surface area contributed by atoms with Gasteiger partial charge in [-0.3, -0.25) is 4.79 Å². The van der Waals surface area contributed by atoms with Crippen molar-refractivity contribution in [3.63, 3.8) is 0 Å². The molecule has 1 amide bonds. The second-order valence-corrected chi connectivity index (χ2v) is 3.08. The zero-order chi connectivity index (χ0) is 10.6. The Hall–Kier alpha value is -1.16. The van der Waals surface area contributed by atoms with E-state index in [9.17, 15) is 13.6 Å². The van der Waals surface area contributed by atoms with Crippen molar-refractivity contribution < 1.29 is 13.6 Å². The second-order valence-electron chi connectivity index (χ2n) is 2.64. The van der Waals surface area contributed by atoms with Gasteiger partial charge in [0.1, 0.15) is 0 Å². The molecule has 14 heavy (non-hydrogen) atoms. The minimum absolute atomic E-state index is 0.0837. The summed E-state index contributed by atoms with van der Waals surface area (Å²) >= 11 is 5.62. The van der Waals surface area contributed by atoms with Gasteiger partial charge >= 0.3 is 6.43 Å². The monoisotopic (exact) mass is 219 g/mol. The first-order chi connectivity index (χ1) is 6.59. The third kappa shape index (κ3) is 3.30. The van der Waals surface area contributed by atoms with Gasteiger partial charge in [-0.05, 0) is 17.7 Å². The van der Waals surface area contributed by atoms with E-state index < -0.39 is 12.3 Å². The normalized spacial score (nSPS) is 10.3. The molecule has 0 bridgehead atoms. The molecule has 0 atom stereocenters. The molecular formula is C9H8ClF2NO. The van der Waals surface area contributed by atoms with Gasteiger partial charge in [0.15, 0.2) is 0 Å². The first kappa shape index (κ1) is 10.9. The summed E-state index contributed by atoms with van der Waals surface area (Å²) in [6, 6.07) is 6.58. The lowest BCUT2D eigenvalue weighted by molar-refractivity contribution is -0.131. The molecule has 0 aromatic heterocycles. The Balaban J connectivity index is 2.46. The molecule has 0 aliphatic heterocycles. The summed E-state index contributed by atoms with van der Waals surface area (Å²) in [5.41, 5.74) is 0.725. The first-order valence-corrected chi connectivity index (χ1v) is 4.27. The molecule has 2 nitrogen and oxygen atoms in total. The molecule has 0 aliphatic carbocycles. The van der Waals surface area contributed by atoms with Crippen LogP contribution in [0.1, 0.15) is 5.56 Å². The van der Waals surface area contributed by atoms with Gasteiger partial charge in [0.25, 0.3) is 5.91 Å². The van der Waals surface area contributed by atoms with E-state index in [1.807, 2.05) is 0 Å². The van der Waals surface area contributed by atoms with Gasteiger partial charge in [-0.2, -0.15) is 8.78 Å². The van der Waals surface area contributed by atoms with Crippen molar-refractivity contribution in [1.29, 1.82) is 0 Å². The highest BCUT2D eigenvalue weighted by Crippen LogP contribution is 2.09. The number of benzene rings is 1. The van der Waals surface area contributed by atoms with Crippen LogP contribution in [-0.2, 0) is 11.3 Å². The van der Waals surface area contributed by atoms with Crippen LogP contribution in [0, 0.1) is 0 Å². The molecular weight excluding hydrogens is 212 g/mol. The van der Waals surface area contributed by atoms with Gasteiger partial charge in [0, 0.05) is 11.6 Å². The third-order valence-corrected chi connectivity index (χ3v) is 1.83. The SMILES string of the molecule is O=C(NCc1ccc(Cl)cc1)C(F)F. The van der Waals surface area contributed by atoms with Crippen LogP contribution in [0.2, 0.25) is 5.02 Å². The molecule has 1 aromatic rings. The Kier molecular flexibility index (Phi) is 3.83. The maximum Gasteiger partial charge on any atom is 0.315 e. The van der Waals surface area contributed by atoms with Crippen molar-refractivity contribution >= 4 is 17.5 Å². The zero-order valence-corrected chi connectivity index (χ0v) is 7.89. The van der Waals surface area contributed by atoms with Crippen molar-refractivity contribution in [3.05, 3.63) is 34.9 Å². The molecule has 0 saturated heterocycles. The number of rotatable bonds is 3. The molecule has 0 fully saturated rings. The predicted octanol–water partition coefficient (Wildman–Crippen LogP) is 2.22. The summed E-state index contributed by atoms with van der Waals surface area (Å²) in [6.45, 7) is 0.0837. The van der Waals surface area contributed by atoms with Crippen LogP contribution in [0.15, 0.2) is 24.3 Å². The van der Waals surface area contributed by atoms with Gasteiger partial charge in [-0.25, -0.2) is 0 Å². The highest BCUT2D eigenvalue weighted by molar-refractivity contribution is 6.30. The van der Waals surface area contributed by atoms with E-state index in [-0.39, 0.29) is 6.54 Å². The number of alkyl halides is 2. The van der Waals surface area contributed by atoms with E-state index in [4.69, 9.17) is 11.6 Å². The average molecular weight is 220 g/mol. The van der Waals surface area contributed by atoms with Gasteiger partial charge < -0.3 is 5.32 Å². The average Bonchev–Trinajstić information content (AvgIpc) is 2.16. The number of nitrogens with one attached hydrogen (secondary N) is 1. The first-order valence-electron chi connectivity index (χ1n) is 3.90. The Morgan fingerprint density at radius 2 is 1.93 bits per heavy atom. The number of hydrogen-bond acceptors (Lipinski definition) is 1. The molecule has 0 saturated carbocycles. The zero-order valence-electron chi connectivity index (χ0n) is 7.14. The summed E-state index contributed by atoms with van der Waals surface area (Å²) in [5.74, 6) is -1.26. The number of hydrogen-bond donors (Lipinski definition) is 1. The third-order valence-electron chi connectivity index (χ3n) is 1.58. The van der Waals surface area contributed by atoms with Crippen molar-refractivity contribution in [2.45, 2.75) is 13.0 Å². The van der Waals surface area contributed by atoms with Crippen LogP contribution in [-0.4, -0.2) is 12.3 Å². The molecule has 0 radical (unpaired) electrons. The van der Waals surface area contributed by atoms with Crippen molar-refractivity contribution in [3.8, 4) is 0 Å². The fourth-order valence-corrected chi connectivity index (χ4v) is 0.995. The fourth-order valence-electron chi connectivity index (χ4n) is 0.869. The molecule has 0 heterocycles. The highest BCUT2D eigenvalue weighted by Gasteiger charge is 2.13. The molecule has 0 spiro atoms. The number of amides is 1. The summed E-state index contributed by atoms with van der Waals surface area (Å²) in [4.78, 5) is 10.5. The second kappa shape index (κ2) is 4.91. The van der Waals surface area contributed by atoms with E-state index in [0.717, 1.165) is 5.56 Å². The van der Waals surface area contributed by atoms with Gasteiger partial charge in [0.05, 0.1) is 0 Å². The van der Waals surface area contributed by atoms with E-state index in [1.54, 1.807) is 24.3 Å². The maximum absolute atomic E-state index is 11.8. The molecule has 0 unspecified atom stereocenters. The van der Waals surface area contributed by atoms with Crippen LogP contribution in [0.3, 0.4) is 0 Å². The smallest absolute Gasteiger partial charge is 0.315 e. The Morgan fingerprint density at radius 1 is 1.36 bits per heavy atom. The number of carbonyl (C=O) groups excluding carboxylic acids is 1. The lowest BCUT2D eigenvalue weighted by Crippen LogP contribution is -2.28. The lowest BCUT2D eigenvalue weighted by Gasteiger charge is -2.03. The van der Waals surface area contributed by atoms with Gasteiger partial charge in [-0.15, -0.1) is 0 Å². The molecule has 76 valence electrons. The summed E-state index contributed by atoms with van der Waals surface area (Å²) < 4.78 is 23.5. The topological polar surface area (TPSA) is 29.1 Å².